The van der Waals surface area contributed by atoms with Crippen molar-refractivity contribution in [3.63, 3.8) is 0 Å². The minimum Gasteiger partial charge on any atom is -0.383 e. The molecule has 2 unspecified atom stereocenters. The molecule has 3 nitrogen and oxygen atoms in total. The summed E-state index contributed by atoms with van der Waals surface area (Å²) in [4.78, 5) is 2.65. The molecular weight excluding hydrogens is 260 g/mol. The van der Waals surface area contributed by atoms with Crippen molar-refractivity contribution < 1.29 is 4.74 Å². The van der Waals surface area contributed by atoms with Crippen LogP contribution in [0.3, 0.4) is 0 Å². The van der Waals surface area contributed by atoms with Crippen LogP contribution in [0.5, 0.6) is 0 Å². The summed E-state index contributed by atoms with van der Waals surface area (Å²) in [6, 6.07) is 0. The molecule has 0 amide bonds. The summed E-state index contributed by atoms with van der Waals surface area (Å²) < 4.78 is 5.34. The Morgan fingerprint density at radius 1 is 1.29 bits per heavy atom. The fraction of sp³-hybridized carbons (Fsp3) is 1.00. The molecule has 126 valence electrons. The van der Waals surface area contributed by atoms with E-state index in [-0.39, 0.29) is 5.54 Å². The minimum absolute atomic E-state index is 0.214. The molecule has 0 bridgehead atoms. The second-order valence-electron chi connectivity index (χ2n) is 7.35. The lowest BCUT2D eigenvalue weighted by Crippen LogP contribution is -2.55. The van der Waals surface area contributed by atoms with Crippen LogP contribution >= 0.6 is 0 Å². The van der Waals surface area contributed by atoms with Crippen molar-refractivity contribution in [3.8, 4) is 0 Å². The molecule has 0 radical (unpaired) electrons. The van der Waals surface area contributed by atoms with Crippen molar-refractivity contribution in [1.82, 2.24) is 4.90 Å². The third kappa shape index (κ3) is 5.88. The van der Waals surface area contributed by atoms with E-state index in [1.165, 1.54) is 44.9 Å². The fourth-order valence-electron chi connectivity index (χ4n) is 3.97. The number of hydrogen-bond donors (Lipinski definition) is 1. The highest BCUT2D eigenvalue weighted by molar-refractivity contribution is 4.94. The number of rotatable bonds is 9. The lowest BCUT2D eigenvalue weighted by atomic mass is 9.86. The van der Waals surface area contributed by atoms with E-state index in [2.05, 4.69) is 25.7 Å². The Labute approximate surface area is 132 Å². The van der Waals surface area contributed by atoms with Crippen molar-refractivity contribution in [1.29, 1.82) is 0 Å². The Balaban J connectivity index is 2.77. The first-order valence-corrected chi connectivity index (χ1v) is 9.02. The van der Waals surface area contributed by atoms with Gasteiger partial charge in [0.2, 0.25) is 0 Å². The summed E-state index contributed by atoms with van der Waals surface area (Å²) in [7, 11) is 1.80. The Morgan fingerprint density at radius 3 is 2.62 bits per heavy atom. The van der Waals surface area contributed by atoms with E-state index < -0.39 is 0 Å². The van der Waals surface area contributed by atoms with Gasteiger partial charge in [-0.1, -0.05) is 46.5 Å². The van der Waals surface area contributed by atoms with E-state index in [1.54, 1.807) is 7.11 Å². The summed E-state index contributed by atoms with van der Waals surface area (Å²) in [5.41, 5.74) is 6.51. The third-order valence-corrected chi connectivity index (χ3v) is 5.17. The van der Waals surface area contributed by atoms with Gasteiger partial charge in [0.25, 0.3) is 0 Å². The highest BCUT2D eigenvalue weighted by atomic mass is 16.5. The molecule has 0 spiro atoms. The first kappa shape index (κ1) is 18.9. The van der Waals surface area contributed by atoms with Crippen molar-refractivity contribution in [2.75, 3.05) is 33.4 Å². The SMILES string of the molecule is CCCC1CCCC(CN)(N(CCOC)CC(C)C)CC1. The van der Waals surface area contributed by atoms with Crippen LogP contribution in [0.15, 0.2) is 0 Å². The molecule has 2 atom stereocenters. The lowest BCUT2D eigenvalue weighted by Gasteiger charge is -2.44. The van der Waals surface area contributed by atoms with Gasteiger partial charge < -0.3 is 10.5 Å². The van der Waals surface area contributed by atoms with Gasteiger partial charge in [0.1, 0.15) is 0 Å². The molecule has 1 fully saturated rings. The number of nitrogens with zero attached hydrogens (tertiary/aromatic N) is 1. The fourth-order valence-corrected chi connectivity index (χ4v) is 3.97. The Hall–Kier alpha value is -0.120. The molecule has 1 aliphatic carbocycles. The van der Waals surface area contributed by atoms with Crippen LogP contribution in [0.25, 0.3) is 0 Å². The molecular formula is C18H38N2O. The molecule has 0 aromatic rings. The molecule has 1 saturated carbocycles. The van der Waals surface area contributed by atoms with E-state index >= 15 is 0 Å². The van der Waals surface area contributed by atoms with Crippen molar-refractivity contribution in [3.05, 3.63) is 0 Å². The molecule has 0 aliphatic heterocycles. The summed E-state index contributed by atoms with van der Waals surface area (Å²) in [6.45, 7) is 10.7. The summed E-state index contributed by atoms with van der Waals surface area (Å²) in [5, 5.41) is 0. The van der Waals surface area contributed by atoms with Gasteiger partial charge >= 0.3 is 0 Å². The van der Waals surface area contributed by atoms with Gasteiger partial charge in [0, 0.05) is 32.3 Å². The Bertz CT molecular complexity index is 270. The van der Waals surface area contributed by atoms with Gasteiger partial charge in [-0.25, -0.2) is 0 Å². The number of hydrogen-bond acceptors (Lipinski definition) is 3. The Kier molecular flexibility index (Phi) is 8.84. The number of ether oxygens (including phenoxy) is 1. The summed E-state index contributed by atoms with van der Waals surface area (Å²) >= 11 is 0. The highest BCUT2D eigenvalue weighted by Gasteiger charge is 2.37. The molecule has 0 aromatic heterocycles. The van der Waals surface area contributed by atoms with Crippen LogP contribution in [0.1, 0.15) is 65.7 Å². The van der Waals surface area contributed by atoms with Gasteiger partial charge in [-0.3, -0.25) is 4.90 Å². The highest BCUT2D eigenvalue weighted by Crippen LogP contribution is 2.36. The largest absolute Gasteiger partial charge is 0.383 e. The smallest absolute Gasteiger partial charge is 0.0589 e. The summed E-state index contributed by atoms with van der Waals surface area (Å²) in [5.74, 6) is 1.60. The monoisotopic (exact) mass is 298 g/mol. The van der Waals surface area contributed by atoms with Crippen LogP contribution < -0.4 is 5.73 Å². The third-order valence-electron chi connectivity index (χ3n) is 5.17. The van der Waals surface area contributed by atoms with Crippen molar-refractivity contribution in [2.45, 2.75) is 71.3 Å². The molecule has 0 heterocycles. The van der Waals surface area contributed by atoms with Crippen molar-refractivity contribution in [2.24, 2.45) is 17.6 Å². The number of nitrogens with two attached hydrogens (primary N) is 1. The maximum Gasteiger partial charge on any atom is 0.0589 e. The molecule has 21 heavy (non-hydrogen) atoms. The zero-order valence-corrected chi connectivity index (χ0v) is 14.9. The molecule has 2 N–H and O–H groups in total. The maximum atomic E-state index is 6.29. The van der Waals surface area contributed by atoms with Gasteiger partial charge in [0.05, 0.1) is 6.61 Å². The van der Waals surface area contributed by atoms with Crippen LogP contribution in [0, 0.1) is 11.8 Å². The average molecular weight is 299 g/mol. The lowest BCUT2D eigenvalue weighted by molar-refractivity contribution is 0.0385. The maximum absolute atomic E-state index is 6.29. The second-order valence-corrected chi connectivity index (χ2v) is 7.35. The predicted molar refractivity (Wildman–Crippen MR) is 91.6 cm³/mol. The van der Waals surface area contributed by atoms with E-state index in [1.807, 2.05) is 0 Å². The first-order chi connectivity index (χ1) is 10.1. The number of methoxy groups -OCH3 is 1. The first-order valence-electron chi connectivity index (χ1n) is 9.02. The zero-order chi connectivity index (χ0) is 15.7. The molecule has 0 aromatic carbocycles. The van der Waals surface area contributed by atoms with Crippen LogP contribution in [-0.4, -0.2) is 43.8 Å². The zero-order valence-electron chi connectivity index (χ0n) is 14.9. The van der Waals surface area contributed by atoms with Gasteiger partial charge in [0.15, 0.2) is 0 Å². The van der Waals surface area contributed by atoms with E-state index in [4.69, 9.17) is 10.5 Å². The van der Waals surface area contributed by atoms with E-state index in [0.717, 1.165) is 32.2 Å². The van der Waals surface area contributed by atoms with E-state index in [0.29, 0.717) is 5.92 Å². The van der Waals surface area contributed by atoms with Gasteiger partial charge in [-0.2, -0.15) is 0 Å². The topological polar surface area (TPSA) is 38.5 Å². The molecule has 0 saturated heterocycles. The van der Waals surface area contributed by atoms with Gasteiger partial charge in [-0.15, -0.1) is 0 Å². The molecule has 1 aliphatic rings. The molecule has 3 heteroatoms. The van der Waals surface area contributed by atoms with Crippen LogP contribution in [0.4, 0.5) is 0 Å². The predicted octanol–water partition coefficient (Wildman–Crippen LogP) is 3.67. The quantitative estimate of drug-likeness (QED) is 0.660. The minimum atomic E-state index is 0.214. The van der Waals surface area contributed by atoms with Crippen molar-refractivity contribution >= 4 is 0 Å². The van der Waals surface area contributed by atoms with Crippen LogP contribution in [0.2, 0.25) is 0 Å². The standard InChI is InChI=1S/C18H38N2O/c1-5-7-17-8-6-10-18(15-19,11-9-17)20(12-13-21-4)14-16(2)3/h16-17H,5-15,19H2,1-4H3. The summed E-state index contributed by atoms with van der Waals surface area (Å²) in [6.07, 6.45) is 9.33. The normalized spacial score (nSPS) is 27.3. The van der Waals surface area contributed by atoms with Gasteiger partial charge in [-0.05, 0) is 31.1 Å². The Morgan fingerprint density at radius 2 is 2.05 bits per heavy atom. The van der Waals surface area contributed by atoms with E-state index in [9.17, 15) is 0 Å². The van der Waals surface area contributed by atoms with Crippen LogP contribution in [-0.2, 0) is 4.74 Å². The average Bonchev–Trinajstić information content (AvgIpc) is 2.67. The second kappa shape index (κ2) is 9.81. The molecule has 1 rings (SSSR count).